The van der Waals surface area contributed by atoms with Gasteiger partial charge in [-0.2, -0.15) is 0 Å². The van der Waals surface area contributed by atoms with Gasteiger partial charge in [-0.05, 0) is 6.42 Å². The van der Waals surface area contributed by atoms with Crippen molar-refractivity contribution in [3.63, 3.8) is 0 Å². The Labute approximate surface area is 162 Å². The molecule has 1 aromatic rings. The van der Waals surface area contributed by atoms with Crippen LogP contribution < -0.4 is 0 Å². The fraction of sp³-hybridized carbons (Fsp3) is 0.800. The first kappa shape index (κ1) is 20.3. The molecule has 1 aromatic heterocycles. The number of nitrogens with zero attached hydrogens (tertiary/aromatic N) is 4. The summed E-state index contributed by atoms with van der Waals surface area (Å²) in [5, 5.41) is 11.4. The molecule has 2 fully saturated rings. The van der Waals surface area contributed by atoms with Crippen LogP contribution in [-0.2, 0) is 22.5 Å². The maximum atomic E-state index is 12.8. The van der Waals surface area contributed by atoms with Crippen molar-refractivity contribution in [1.29, 1.82) is 0 Å². The van der Waals surface area contributed by atoms with Gasteiger partial charge in [0.05, 0.1) is 18.8 Å². The molecule has 0 aromatic carbocycles. The zero-order valence-electron chi connectivity index (χ0n) is 17.0. The van der Waals surface area contributed by atoms with Gasteiger partial charge >= 0.3 is 0 Å². The van der Waals surface area contributed by atoms with Crippen molar-refractivity contribution in [3.05, 3.63) is 18.2 Å². The highest BCUT2D eigenvalue weighted by Crippen LogP contribution is 2.39. The van der Waals surface area contributed by atoms with E-state index in [1.807, 2.05) is 11.1 Å². The Balaban J connectivity index is 1.56. The number of ether oxygens (including phenoxy) is 1. The smallest absolute Gasteiger partial charge is 0.224 e. The molecule has 0 radical (unpaired) electrons. The maximum Gasteiger partial charge on any atom is 0.224 e. The number of aromatic nitrogens is 2. The number of aryl methyl sites for hydroxylation is 2. The van der Waals surface area contributed by atoms with Crippen LogP contribution in [0.3, 0.4) is 0 Å². The van der Waals surface area contributed by atoms with Crippen LogP contribution in [0.5, 0.6) is 0 Å². The molecule has 2 saturated heterocycles. The minimum atomic E-state index is -0.777. The topological polar surface area (TPSA) is 70.8 Å². The van der Waals surface area contributed by atoms with Crippen LogP contribution >= 0.6 is 0 Å². The van der Waals surface area contributed by atoms with Gasteiger partial charge in [-0.1, -0.05) is 20.8 Å². The lowest BCUT2D eigenvalue weighted by molar-refractivity contribution is -0.157. The predicted molar refractivity (Wildman–Crippen MR) is 103 cm³/mol. The van der Waals surface area contributed by atoms with E-state index >= 15 is 0 Å². The first-order valence-corrected chi connectivity index (χ1v) is 10.1. The summed E-state index contributed by atoms with van der Waals surface area (Å²) in [5.41, 5.74) is -1.12. The summed E-state index contributed by atoms with van der Waals surface area (Å²) in [7, 11) is 0. The molecular formula is C20H34N4O3. The highest BCUT2D eigenvalue weighted by Gasteiger charge is 2.49. The van der Waals surface area contributed by atoms with Crippen LogP contribution in [0.25, 0.3) is 0 Å². The number of imidazole rings is 1. The van der Waals surface area contributed by atoms with Crippen LogP contribution in [-0.4, -0.2) is 81.9 Å². The molecule has 2 aliphatic heterocycles. The monoisotopic (exact) mass is 378 g/mol. The van der Waals surface area contributed by atoms with Crippen molar-refractivity contribution >= 4 is 5.91 Å². The van der Waals surface area contributed by atoms with Gasteiger partial charge in [0, 0.05) is 69.9 Å². The standard InChI is InChI=1S/C20H34N4O3/c1-4-17-21-7-10-23(17)8-5-18(25)24-9-6-20(26,19(2,3)15-24)16-22-11-13-27-14-12-22/h7,10,26H,4-6,8-9,11-16H2,1-3H3/t20-/m0/s1. The average molecular weight is 379 g/mol. The van der Waals surface area contributed by atoms with Gasteiger partial charge < -0.3 is 19.3 Å². The van der Waals surface area contributed by atoms with E-state index in [2.05, 4.69) is 35.2 Å². The Morgan fingerprint density at radius 2 is 2.04 bits per heavy atom. The third-order valence-corrected chi connectivity index (χ3v) is 6.27. The van der Waals surface area contributed by atoms with Crippen molar-refractivity contribution in [1.82, 2.24) is 19.4 Å². The summed E-state index contributed by atoms with van der Waals surface area (Å²) in [4.78, 5) is 21.3. The first-order valence-electron chi connectivity index (χ1n) is 10.1. The zero-order valence-corrected chi connectivity index (χ0v) is 17.0. The summed E-state index contributed by atoms with van der Waals surface area (Å²) in [6.45, 7) is 12.0. The van der Waals surface area contributed by atoms with Crippen molar-refractivity contribution in [2.75, 3.05) is 45.9 Å². The minimum absolute atomic E-state index is 0.159. The lowest BCUT2D eigenvalue weighted by atomic mass is 9.69. The van der Waals surface area contributed by atoms with Crippen molar-refractivity contribution in [2.45, 2.75) is 52.2 Å². The van der Waals surface area contributed by atoms with Crippen LogP contribution in [0.4, 0.5) is 0 Å². The third-order valence-electron chi connectivity index (χ3n) is 6.27. The number of hydrogen-bond donors (Lipinski definition) is 1. The van der Waals surface area contributed by atoms with Gasteiger partial charge in [-0.3, -0.25) is 9.69 Å². The highest BCUT2D eigenvalue weighted by molar-refractivity contribution is 5.76. The Morgan fingerprint density at radius 3 is 2.70 bits per heavy atom. The van der Waals surface area contributed by atoms with Crippen LogP contribution in [0, 0.1) is 5.41 Å². The molecule has 1 N–H and O–H groups in total. The van der Waals surface area contributed by atoms with Crippen LogP contribution in [0.1, 0.15) is 39.4 Å². The van der Waals surface area contributed by atoms with E-state index in [9.17, 15) is 9.90 Å². The molecule has 152 valence electrons. The maximum absolute atomic E-state index is 12.8. The molecule has 27 heavy (non-hydrogen) atoms. The van der Waals surface area contributed by atoms with Crippen molar-refractivity contribution < 1.29 is 14.6 Å². The molecule has 2 aliphatic rings. The molecule has 0 spiro atoms. The molecule has 1 atom stereocenters. The number of likely N-dealkylation sites (tertiary alicyclic amines) is 1. The molecule has 0 saturated carbocycles. The minimum Gasteiger partial charge on any atom is -0.388 e. The second-order valence-corrected chi connectivity index (χ2v) is 8.51. The molecule has 3 heterocycles. The number of morpholine rings is 1. The Bertz CT molecular complexity index is 639. The quantitative estimate of drug-likeness (QED) is 0.804. The highest BCUT2D eigenvalue weighted by atomic mass is 16.5. The van der Waals surface area contributed by atoms with Gasteiger partial charge in [0.1, 0.15) is 5.82 Å². The number of carbonyl (C=O) groups is 1. The van der Waals surface area contributed by atoms with E-state index in [1.54, 1.807) is 6.20 Å². The fourth-order valence-corrected chi connectivity index (χ4v) is 4.23. The van der Waals surface area contributed by atoms with Crippen molar-refractivity contribution in [3.8, 4) is 0 Å². The summed E-state index contributed by atoms with van der Waals surface area (Å²) in [6, 6.07) is 0. The molecule has 3 rings (SSSR count). The number of piperidine rings is 1. The summed E-state index contributed by atoms with van der Waals surface area (Å²) >= 11 is 0. The van der Waals surface area contributed by atoms with Gasteiger partial charge in [-0.25, -0.2) is 4.98 Å². The normalized spacial score (nSPS) is 26.3. The van der Waals surface area contributed by atoms with Crippen LogP contribution in [0.15, 0.2) is 12.4 Å². The SMILES string of the molecule is CCc1nccn1CCC(=O)N1CC[C@](O)(CN2CCOCC2)C(C)(C)C1. The molecule has 1 amide bonds. The van der Waals surface area contributed by atoms with Gasteiger partial charge in [0.2, 0.25) is 5.91 Å². The molecule has 0 bridgehead atoms. The molecule has 7 heteroatoms. The van der Waals surface area contributed by atoms with Gasteiger partial charge in [0.25, 0.3) is 0 Å². The van der Waals surface area contributed by atoms with E-state index in [1.165, 1.54) is 0 Å². The van der Waals surface area contributed by atoms with E-state index in [-0.39, 0.29) is 11.3 Å². The second-order valence-electron chi connectivity index (χ2n) is 8.51. The third kappa shape index (κ3) is 4.52. The summed E-state index contributed by atoms with van der Waals surface area (Å²) in [5.74, 6) is 1.17. The largest absolute Gasteiger partial charge is 0.388 e. The van der Waals surface area contributed by atoms with Crippen LogP contribution in [0.2, 0.25) is 0 Å². The number of aliphatic hydroxyl groups is 1. The van der Waals surface area contributed by atoms with Gasteiger partial charge in [0.15, 0.2) is 0 Å². The van der Waals surface area contributed by atoms with Crippen molar-refractivity contribution in [2.24, 2.45) is 5.41 Å². The summed E-state index contributed by atoms with van der Waals surface area (Å²) < 4.78 is 7.47. The van der Waals surface area contributed by atoms with E-state index in [4.69, 9.17) is 4.74 Å². The van der Waals surface area contributed by atoms with E-state index < -0.39 is 5.60 Å². The molecule has 0 unspecified atom stereocenters. The lowest BCUT2D eigenvalue weighted by Gasteiger charge is -2.52. The number of hydrogen-bond acceptors (Lipinski definition) is 5. The Hall–Kier alpha value is -1.44. The lowest BCUT2D eigenvalue weighted by Crippen LogP contribution is -2.63. The number of β-amino-alcohol motifs (C(OH)–C–C–N with tert-alkyl or cyclic N) is 1. The van der Waals surface area contributed by atoms with Gasteiger partial charge in [-0.15, -0.1) is 0 Å². The zero-order chi connectivity index (χ0) is 19.5. The predicted octanol–water partition coefficient (Wildman–Crippen LogP) is 1.16. The van der Waals surface area contributed by atoms with E-state index in [0.29, 0.717) is 39.0 Å². The van der Waals surface area contributed by atoms with E-state index in [0.717, 1.165) is 38.5 Å². The Kier molecular flexibility index (Phi) is 6.23. The Morgan fingerprint density at radius 1 is 1.30 bits per heavy atom. The first-order chi connectivity index (χ1) is 12.8. The molecular weight excluding hydrogens is 344 g/mol. The summed E-state index contributed by atoms with van der Waals surface area (Å²) in [6.07, 6.45) is 5.69. The second kappa shape index (κ2) is 8.29. The fourth-order valence-electron chi connectivity index (χ4n) is 4.23. The number of amides is 1. The number of rotatable bonds is 6. The molecule has 7 nitrogen and oxygen atoms in total. The average Bonchev–Trinajstić information content (AvgIpc) is 3.10. The number of carbonyl (C=O) groups excluding carboxylic acids is 1. The molecule has 0 aliphatic carbocycles.